The molecule has 1 aromatic rings. The first-order chi connectivity index (χ1) is 9.81. The van der Waals surface area contributed by atoms with Gasteiger partial charge in [-0.05, 0) is 31.2 Å². The largest absolute Gasteiger partial charge is 0.464 e. The Hall–Kier alpha value is -1.12. The third kappa shape index (κ3) is 6.36. The molecule has 0 amide bonds. The zero-order valence-electron chi connectivity index (χ0n) is 13.4. The molecule has 0 fully saturated rings. The fourth-order valence-corrected chi connectivity index (χ4v) is 2.49. The predicted octanol–water partition coefficient (Wildman–Crippen LogP) is 5.12. The maximum absolute atomic E-state index is 5.31. The second kappa shape index (κ2) is 10.6. The van der Waals surface area contributed by atoms with Gasteiger partial charge in [0.05, 0.1) is 6.61 Å². The number of rotatable bonds is 11. The van der Waals surface area contributed by atoms with Crippen molar-refractivity contribution in [2.24, 2.45) is 0 Å². The summed E-state index contributed by atoms with van der Waals surface area (Å²) in [6, 6.07) is 0.497. The summed E-state index contributed by atoms with van der Waals surface area (Å²) in [6.07, 6.45) is 14.3. The van der Waals surface area contributed by atoms with E-state index in [1.165, 1.54) is 56.9 Å². The van der Waals surface area contributed by atoms with E-state index < -0.39 is 0 Å². The van der Waals surface area contributed by atoms with E-state index in [2.05, 4.69) is 23.8 Å². The smallest absolute Gasteiger partial charge is 0.316 e. The fourth-order valence-electron chi connectivity index (χ4n) is 2.49. The van der Waals surface area contributed by atoms with Crippen molar-refractivity contribution in [3.8, 4) is 6.01 Å². The Morgan fingerprint density at radius 1 is 0.900 bits per heavy atom. The van der Waals surface area contributed by atoms with E-state index in [9.17, 15) is 0 Å². The van der Waals surface area contributed by atoms with E-state index in [0.29, 0.717) is 18.5 Å². The summed E-state index contributed by atoms with van der Waals surface area (Å²) in [5, 5.41) is 0. The van der Waals surface area contributed by atoms with Crippen LogP contribution in [0.5, 0.6) is 6.01 Å². The van der Waals surface area contributed by atoms with E-state index >= 15 is 0 Å². The summed E-state index contributed by atoms with van der Waals surface area (Å²) < 4.78 is 5.31. The second-order valence-electron chi connectivity index (χ2n) is 5.42. The first-order valence-electron chi connectivity index (χ1n) is 8.26. The summed E-state index contributed by atoms with van der Waals surface area (Å²) in [6.45, 7) is 7.09. The molecule has 0 spiro atoms. The average molecular weight is 278 g/mol. The summed E-state index contributed by atoms with van der Waals surface area (Å²) in [4.78, 5) is 8.62. The van der Waals surface area contributed by atoms with E-state index in [0.717, 1.165) is 0 Å². The molecule has 1 aromatic heterocycles. The molecule has 0 bridgehead atoms. The lowest BCUT2D eigenvalue weighted by Crippen LogP contribution is -2.03. The standard InChI is InChI=1S/C17H30N2O/c1-4-7-9-10-12-15(11-8-5-2)16-13-18-17(19-14-16)20-6-3/h13-15H,4-12H2,1-3H3. The Bertz CT molecular complexity index is 337. The van der Waals surface area contributed by atoms with Gasteiger partial charge in [0.25, 0.3) is 0 Å². The van der Waals surface area contributed by atoms with Crippen LogP contribution in [-0.2, 0) is 0 Å². The van der Waals surface area contributed by atoms with Gasteiger partial charge < -0.3 is 4.74 Å². The van der Waals surface area contributed by atoms with Gasteiger partial charge in [-0.1, -0.05) is 52.4 Å². The van der Waals surface area contributed by atoms with Gasteiger partial charge in [-0.3, -0.25) is 0 Å². The molecule has 0 radical (unpaired) electrons. The third-order valence-electron chi connectivity index (χ3n) is 3.71. The van der Waals surface area contributed by atoms with Crippen molar-refractivity contribution >= 4 is 0 Å². The van der Waals surface area contributed by atoms with Crippen LogP contribution in [0.4, 0.5) is 0 Å². The minimum absolute atomic E-state index is 0.497. The Morgan fingerprint density at radius 2 is 1.55 bits per heavy atom. The topological polar surface area (TPSA) is 35.0 Å². The first kappa shape index (κ1) is 16.9. The molecule has 0 aliphatic heterocycles. The number of nitrogens with zero attached hydrogens (tertiary/aromatic N) is 2. The van der Waals surface area contributed by atoms with E-state index in [1.807, 2.05) is 19.3 Å². The predicted molar refractivity (Wildman–Crippen MR) is 84.2 cm³/mol. The molecule has 0 N–H and O–H groups in total. The number of hydrogen-bond donors (Lipinski definition) is 0. The second-order valence-corrected chi connectivity index (χ2v) is 5.42. The van der Waals surface area contributed by atoms with Crippen LogP contribution in [0.3, 0.4) is 0 Å². The maximum Gasteiger partial charge on any atom is 0.316 e. The molecule has 0 aromatic carbocycles. The molecule has 0 saturated heterocycles. The lowest BCUT2D eigenvalue weighted by Gasteiger charge is -2.16. The molecule has 0 aliphatic rings. The SMILES string of the molecule is CCCCCCC(CCCC)c1cnc(OCC)nc1. The third-order valence-corrected chi connectivity index (χ3v) is 3.71. The Balaban J connectivity index is 2.56. The molecule has 0 aliphatic carbocycles. The molecule has 20 heavy (non-hydrogen) atoms. The number of ether oxygens (including phenoxy) is 1. The van der Waals surface area contributed by atoms with Crippen LogP contribution in [0.15, 0.2) is 12.4 Å². The van der Waals surface area contributed by atoms with Gasteiger partial charge in [0.15, 0.2) is 0 Å². The van der Waals surface area contributed by atoms with Gasteiger partial charge in [0.1, 0.15) is 0 Å². The minimum Gasteiger partial charge on any atom is -0.464 e. The molecule has 1 rings (SSSR count). The summed E-state index contributed by atoms with van der Waals surface area (Å²) in [5.41, 5.74) is 1.28. The van der Waals surface area contributed by atoms with E-state index in [4.69, 9.17) is 4.74 Å². The molecule has 1 atom stereocenters. The zero-order chi connectivity index (χ0) is 14.6. The highest BCUT2D eigenvalue weighted by atomic mass is 16.5. The van der Waals surface area contributed by atoms with Crippen molar-refractivity contribution in [1.82, 2.24) is 9.97 Å². The van der Waals surface area contributed by atoms with Crippen molar-refractivity contribution in [3.63, 3.8) is 0 Å². The van der Waals surface area contributed by atoms with Crippen LogP contribution >= 0.6 is 0 Å². The molecule has 1 heterocycles. The van der Waals surface area contributed by atoms with Gasteiger partial charge in [-0.25, -0.2) is 9.97 Å². The van der Waals surface area contributed by atoms with Gasteiger partial charge >= 0.3 is 6.01 Å². The van der Waals surface area contributed by atoms with Crippen LogP contribution in [0.1, 0.15) is 83.6 Å². The molecular formula is C17H30N2O. The molecule has 1 unspecified atom stereocenters. The lowest BCUT2D eigenvalue weighted by atomic mass is 9.90. The lowest BCUT2D eigenvalue weighted by molar-refractivity contribution is 0.311. The van der Waals surface area contributed by atoms with Crippen LogP contribution in [-0.4, -0.2) is 16.6 Å². The van der Waals surface area contributed by atoms with Crippen LogP contribution in [0.2, 0.25) is 0 Å². The first-order valence-corrected chi connectivity index (χ1v) is 8.26. The van der Waals surface area contributed by atoms with Gasteiger partial charge in [-0.15, -0.1) is 0 Å². The van der Waals surface area contributed by atoms with Crippen LogP contribution < -0.4 is 4.74 Å². The number of aromatic nitrogens is 2. The van der Waals surface area contributed by atoms with Crippen molar-refractivity contribution in [2.45, 2.75) is 78.1 Å². The number of unbranched alkanes of at least 4 members (excludes halogenated alkanes) is 4. The Kier molecular flexibility index (Phi) is 9.01. The highest BCUT2D eigenvalue weighted by molar-refractivity contribution is 5.13. The van der Waals surface area contributed by atoms with Crippen LogP contribution in [0.25, 0.3) is 0 Å². The van der Waals surface area contributed by atoms with Crippen molar-refractivity contribution < 1.29 is 4.74 Å². The van der Waals surface area contributed by atoms with Crippen molar-refractivity contribution in [2.75, 3.05) is 6.61 Å². The normalized spacial score (nSPS) is 12.3. The fraction of sp³-hybridized carbons (Fsp3) is 0.765. The Labute approximate surface area is 124 Å². The Morgan fingerprint density at radius 3 is 2.15 bits per heavy atom. The average Bonchev–Trinajstić information content (AvgIpc) is 2.48. The van der Waals surface area contributed by atoms with Crippen molar-refractivity contribution in [3.05, 3.63) is 18.0 Å². The van der Waals surface area contributed by atoms with Gasteiger partial charge in [-0.2, -0.15) is 0 Å². The molecule has 0 saturated carbocycles. The highest BCUT2D eigenvalue weighted by Crippen LogP contribution is 2.27. The maximum atomic E-state index is 5.31. The summed E-state index contributed by atoms with van der Waals surface area (Å²) >= 11 is 0. The van der Waals surface area contributed by atoms with E-state index in [1.54, 1.807) is 0 Å². The van der Waals surface area contributed by atoms with E-state index in [-0.39, 0.29) is 0 Å². The summed E-state index contributed by atoms with van der Waals surface area (Å²) in [7, 11) is 0. The summed E-state index contributed by atoms with van der Waals surface area (Å²) in [5.74, 6) is 0.613. The minimum atomic E-state index is 0.497. The van der Waals surface area contributed by atoms with Gasteiger partial charge in [0.2, 0.25) is 0 Å². The monoisotopic (exact) mass is 278 g/mol. The van der Waals surface area contributed by atoms with Crippen LogP contribution in [0, 0.1) is 0 Å². The molecule has 3 heteroatoms. The van der Waals surface area contributed by atoms with Gasteiger partial charge in [0, 0.05) is 12.4 Å². The quantitative estimate of drug-likeness (QED) is 0.527. The molecule has 3 nitrogen and oxygen atoms in total. The molecular weight excluding hydrogens is 248 g/mol. The zero-order valence-corrected chi connectivity index (χ0v) is 13.4. The van der Waals surface area contributed by atoms with Crippen molar-refractivity contribution in [1.29, 1.82) is 0 Å². The highest BCUT2D eigenvalue weighted by Gasteiger charge is 2.12. The number of hydrogen-bond acceptors (Lipinski definition) is 3. The molecule has 114 valence electrons.